The van der Waals surface area contributed by atoms with Crippen molar-refractivity contribution in [3.63, 3.8) is 0 Å². The van der Waals surface area contributed by atoms with Crippen LogP contribution in [0.4, 0.5) is 0 Å². The number of phenolic OH excluding ortho intramolecular Hbond substituents is 1. The lowest BCUT2D eigenvalue weighted by Gasteiger charge is -2.09. The number of nitrogens with zero attached hydrogens (tertiary/aromatic N) is 2. The van der Waals surface area contributed by atoms with Crippen LogP contribution in [0.2, 0.25) is 10.0 Å². The summed E-state index contributed by atoms with van der Waals surface area (Å²) in [7, 11) is 2.86. The molecule has 0 unspecified atom stereocenters. The first-order chi connectivity index (χ1) is 13.9. The van der Waals surface area contributed by atoms with Gasteiger partial charge in [-0.05, 0) is 42.0 Å². The number of benzene rings is 2. The second-order valence-electron chi connectivity index (χ2n) is 5.96. The molecule has 0 fully saturated rings. The third-order valence-corrected chi connectivity index (χ3v) is 4.61. The van der Waals surface area contributed by atoms with Crippen molar-refractivity contribution in [1.82, 2.24) is 10.2 Å². The summed E-state index contributed by atoms with van der Waals surface area (Å²) < 4.78 is 10.2. The molecule has 1 aromatic heterocycles. The van der Waals surface area contributed by atoms with E-state index in [1.165, 1.54) is 20.4 Å². The minimum atomic E-state index is -0.247. The van der Waals surface area contributed by atoms with Gasteiger partial charge < -0.3 is 14.6 Å². The van der Waals surface area contributed by atoms with Gasteiger partial charge in [-0.1, -0.05) is 23.2 Å². The maximum atomic E-state index is 12.4. The summed E-state index contributed by atoms with van der Waals surface area (Å²) in [6, 6.07) is 9.83. The summed E-state index contributed by atoms with van der Waals surface area (Å²) in [6.45, 7) is -0.0957. The Morgan fingerprint density at radius 3 is 2.48 bits per heavy atom. The molecule has 0 aliphatic carbocycles. The fourth-order valence-electron chi connectivity index (χ4n) is 2.61. The highest BCUT2D eigenvalue weighted by Crippen LogP contribution is 2.36. The highest BCUT2D eigenvalue weighted by molar-refractivity contribution is 6.36. The summed E-state index contributed by atoms with van der Waals surface area (Å²) >= 11 is 12.1. The number of carbonyl (C=O) groups is 1. The van der Waals surface area contributed by atoms with Crippen molar-refractivity contribution in [3.05, 3.63) is 57.7 Å². The molecule has 0 aliphatic rings. The molecule has 1 heterocycles. The van der Waals surface area contributed by atoms with Crippen LogP contribution in [0, 0.1) is 0 Å². The minimum absolute atomic E-state index is 0.0957. The van der Waals surface area contributed by atoms with Crippen molar-refractivity contribution < 1.29 is 19.4 Å². The summed E-state index contributed by atoms with van der Waals surface area (Å²) in [4.78, 5) is 16.5. The summed E-state index contributed by atoms with van der Waals surface area (Å²) in [5.41, 5.74) is 2.12. The lowest BCUT2D eigenvalue weighted by Crippen LogP contribution is -2.04. The van der Waals surface area contributed by atoms with Gasteiger partial charge in [0, 0.05) is 16.8 Å². The standard InChI is InChI=1S/C20H17Cl2N3O4/c1-28-18-5-11(6-19(29-2)20(18)27)9-23-10-17(26)16-8-15(24-25-16)13-4-3-12(21)7-14(13)22/h3-9,27H,10H2,1-2H3,(H,24,25). The average Bonchev–Trinajstić information content (AvgIpc) is 3.18. The summed E-state index contributed by atoms with van der Waals surface area (Å²) in [5, 5.41) is 17.7. The number of H-pyrrole nitrogens is 1. The number of methoxy groups -OCH3 is 2. The number of aliphatic imine (C=N–C) groups is 1. The fourth-order valence-corrected chi connectivity index (χ4v) is 3.11. The predicted octanol–water partition coefficient (Wildman–Crippen LogP) is 4.41. The van der Waals surface area contributed by atoms with Gasteiger partial charge >= 0.3 is 0 Å². The molecule has 0 aliphatic heterocycles. The zero-order valence-electron chi connectivity index (χ0n) is 15.6. The number of carbonyl (C=O) groups excluding carboxylic acids is 1. The largest absolute Gasteiger partial charge is 0.502 e. The van der Waals surface area contributed by atoms with Crippen molar-refractivity contribution >= 4 is 35.2 Å². The van der Waals surface area contributed by atoms with Gasteiger partial charge in [0.1, 0.15) is 12.2 Å². The molecule has 29 heavy (non-hydrogen) atoms. The molecular formula is C20H17Cl2N3O4. The van der Waals surface area contributed by atoms with Crippen molar-refractivity contribution in [2.75, 3.05) is 20.8 Å². The van der Waals surface area contributed by atoms with E-state index in [1.54, 1.807) is 36.4 Å². The van der Waals surface area contributed by atoms with Crippen molar-refractivity contribution in [2.24, 2.45) is 4.99 Å². The van der Waals surface area contributed by atoms with Crippen molar-refractivity contribution in [2.45, 2.75) is 0 Å². The highest BCUT2D eigenvalue weighted by Gasteiger charge is 2.13. The van der Waals surface area contributed by atoms with Gasteiger partial charge in [-0.25, -0.2) is 0 Å². The van der Waals surface area contributed by atoms with Gasteiger partial charge in [-0.2, -0.15) is 5.10 Å². The molecule has 0 spiro atoms. The SMILES string of the molecule is COc1cc(C=NCC(=O)c2cc(-c3ccc(Cl)cc3Cl)n[nH]2)cc(OC)c1O. The molecule has 0 saturated carbocycles. The number of aromatic hydroxyl groups is 1. The van der Waals surface area contributed by atoms with Gasteiger partial charge in [0.15, 0.2) is 11.5 Å². The van der Waals surface area contributed by atoms with E-state index >= 15 is 0 Å². The first-order valence-corrected chi connectivity index (χ1v) is 9.17. The van der Waals surface area contributed by atoms with E-state index in [9.17, 15) is 9.90 Å². The average molecular weight is 434 g/mol. The highest BCUT2D eigenvalue weighted by atomic mass is 35.5. The zero-order valence-corrected chi connectivity index (χ0v) is 17.1. The second-order valence-corrected chi connectivity index (χ2v) is 6.80. The Hall–Kier alpha value is -3.03. The zero-order chi connectivity index (χ0) is 21.0. The molecule has 0 saturated heterocycles. The Labute approximate surface area is 176 Å². The molecule has 0 atom stereocenters. The lowest BCUT2D eigenvalue weighted by atomic mass is 10.1. The Kier molecular flexibility index (Phi) is 6.41. The first kappa shape index (κ1) is 20.7. The van der Waals surface area contributed by atoms with Crippen LogP contribution in [0.1, 0.15) is 16.1 Å². The maximum absolute atomic E-state index is 12.4. The Balaban J connectivity index is 1.72. The van der Waals surface area contributed by atoms with Crippen LogP contribution in [-0.4, -0.2) is 48.1 Å². The molecule has 2 N–H and O–H groups in total. The number of aromatic amines is 1. The van der Waals surface area contributed by atoms with Crippen LogP contribution >= 0.6 is 23.2 Å². The number of ether oxygens (including phenoxy) is 2. The van der Waals surface area contributed by atoms with Crippen LogP contribution in [0.25, 0.3) is 11.3 Å². The number of halogens is 2. The molecule has 0 bridgehead atoms. The number of nitrogens with one attached hydrogen (secondary N) is 1. The van der Waals surface area contributed by atoms with Gasteiger partial charge in [-0.15, -0.1) is 0 Å². The molecule has 2 aromatic carbocycles. The Morgan fingerprint density at radius 1 is 1.17 bits per heavy atom. The summed E-state index contributed by atoms with van der Waals surface area (Å²) in [6.07, 6.45) is 1.50. The van der Waals surface area contributed by atoms with Crippen LogP contribution in [0.15, 0.2) is 41.4 Å². The normalized spacial score (nSPS) is 11.0. The minimum Gasteiger partial charge on any atom is -0.502 e. The number of aromatic nitrogens is 2. The number of ketones is 1. The third kappa shape index (κ3) is 4.70. The quantitative estimate of drug-likeness (QED) is 0.424. The monoisotopic (exact) mass is 433 g/mol. The smallest absolute Gasteiger partial charge is 0.201 e. The van der Waals surface area contributed by atoms with Crippen LogP contribution < -0.4 is 9.47 Å². The van der Waals surface area contributed by atoms with E-state index in [0.717, 1.165) is 0 Å². The summed E-state index contributed by atoms with van der Waals surface area (Å²) in [5.74, 6) is 0.141. The van der Waals surface area contributed by atoms with E-state index in [0.29, 0.717) is 32.6 Å². The van der Waals surface area contributed by atoms with Gasteiger partial charge in [0.2, 0.25) is 11.5 Å². The first-order valence-electron chi connectivity index (χ1n) is 8.41. The molecule has 9 heteroatoms. The number of Topliss-reactive ketones (excluding diaryl/α,β-unsaturated/α-hetero) is 1. The predicted molar refractivity (Wildman–Crippen MR) is 112 cm³/mol. The van der Waals surface area contributed by atoms with Gasteiger partial charge in [0.25, 0.3) is 0 Å². The van der Waals surface area contributed by atoms with Crippen LogP contribution in [0.5, 0.6) is 17.2 Å². The molecule has 150 valence electrons. The second kappa shape index (κ2) is 8.98. The van der Waals surface area contributed by atoms with E-state index < -0.39 is 0 Å². The lowest BCUT2D eigenvalue weighted by molar-refractivity contribution is 0.0997. The van der Waals surface area contributed by atoms with Gasteiger partial charge in [0.05, 0.1) is 24.9 Å². The van der Waals surface area contributed by atoms with E-state index in [4.69, 9.17) is 32.7 Å². The fraction of sp³-hybridized carbons (Fsp3) is 0.150. The topological polar surface area (TPSA) is 96.8 Å². The molecule has 3 rings (SSSR count). The number of rotatable bonds is 7. The molecule has 0 radical (unpaired) electrons. The van der Waals surface area contributed by atoms with Gasteiger partial charge in [-0.3, -0.25) is 14.9 Å². The van der Waals surface area contributed by atoms with E-state index in [1.807, 2.05) is 0 Å². The Bertz CT molecular complexity index is 1050. The maximum Gasteiger partial charge on any atom is 0.201 e. The van der Waals surface area contributed by atoms with Crippen molar-refractivity contribution in [3.8, 4) is 28.5 Å². The Morgan fingerprint density at radius 2 is 1.86 bits per heavy atom. The molecule has 0 amide bonds. The van der Waals surface area contributed by atoms with Crippen LogP contribution in [0.3, 0.4) is 0 Å². The van der Waals surface area contributed by atoms with E-state index in [-0.39, 0.29) is 29.6 Å². The third-order valence-electron chi connectivity index (χ3n) is 4.06. The number of phenols is 1. The number of hydrogen-bond donors (Lipinski definition) is 2. The number of hydrogen-bond acceptors (Lipinski definition) is 6. The molecule has 3 aromatic rings. The molecular weight excluding hydrogens is 417 g/mol. The van der Waals surface area contributed by atoms with Crippen LogP contribution in [-0.2, 0) is 0 Å². The van der Waals surface area contributed by atoms with Crippen molar-refractivity contribution in [1.29, 1.82) is 0 Å². The van der Waals surface area contributed by atoms with E-state index in [2.05, 4.69) is 15.2 Å². The molecule has 7 nitrogen and oxygen atoms in total.